The van der Waals surface area contributed by atoms with Crippen LogP contribution in [-0.4, -0.2) is 44.6 Å². The van der Waals surface area contributed by atoms with Gasteiger partial charge in [0.05, 0.1) is 10.6 Å². The van der Waals surface area contributed by atoms with Gasteiger partial charge in [0.25, 0.3) is 5.78 Å². The Morgan fingerprint density at radius 3 is 2.62 bits per heavy atom. The van der Waals surface area contributed by atoms with Crippen molar-refractivity contribution in [3.63, 3.8) is 0 Å². The number of primary sulfonamides is 1. The van der Waals surface area contributed by atoms with Gasteiger partial charge in [0.1, 0.15) is 6.33 Å². The second kappa shape index (κ2) is 6.10. The molecule has 3 rings (SSSR count). The summed E-state index contributed by atoms with van der Waals surface area (Å²) in [6.45, 7) is 0. The number of nitrogens with two attached hydrogens (primary N) is 2. The van der Waals surface area contributed by atoms with Crippen molar-refractivity contribution >= 4 is 39.2 Å². The van der Waals surface area contributed by atoms with Gasteiger partial charge in [-0.1, -0.05) is 11.8 Å². The number of fused-ring (bicyclic) bond motifs is 1. The molecule has 0 unspecified atom stereocenters. The summed E-state index contributed by atoms with van der Waals surface area (Å²) in [6.07, 6.45) is 1.38. The van der Waals surface area contributed by atoms with Crippen LogP contribution in [0.3, 0.4) is 0 Å². The van der Waals surface area contributed by atoms with Gasteiger partial charge in [0.2, 0.25) is 21.1 Å². The predicted octanol–water partition coefficient (Wildman–Crippen LogP) is -0.982. The Balaban J connectivity index is 1.61. The van der Waals surface area contributed by atoms with Gasteiger partial charge in [-0.15, -0.1) is 10.2 Å². The van der Waals surface area contributed by atoms with Gasteiger partial charge in [-0.3, -0.25) is 4.79 Å². The molecular formula is C11H12N8O3S2. The van der Waals surface area contributed by atoms with Crippen LogP contribution in [0.15, 0.2) is 40.6 Å². The van der Waals surface area contributed by atoms with E-state index in [1.165, 1.54) is 39.8 Å². The van der Waals surface area contributed by atoms with Crippen LogP contribution in [0.2, 0.25) is 0 Å². The molecule has 0 atom stereocenters. The summed E-state index contributed by atoms with van der Waals surface area (Å²) >= 11 is 1.13. The molecule has 11 nitrogen and oxygen atoms in total. The Hall–Kier alpha value is -2.64. The summed E-state index contributed by atoms with van der Waals surface area (Å²) in [7, 11) is -3.76. The van der Waals surface area contributed by atoms with E-state index in [0.717, 1.165) is 11.8 Å². The summed E-state index contributed by atoms with van der Waals surface area (Å²) in [4.78, 5) is 11.9. The summed E-state index contributed by atoms with van der Waals surface area (Å²) in [5.74, 6) is 5.70. The number of thioether (sulfide) groups is 1. The standard InChI is InChI=1S/C11H12N8O3S2/c12-18-6-14-19-10(18)16-17-11(19)23-5-9(20)15-7-1-3-8(4-2-7)24(13,21)22/h1-4,6H,5,12H2,(H,15,20)(H2,13,21,22). The molecule has 24 heavy (non-hydrogen) atoms. The number of aromatic nitrogens is 5. The van der Waals surface area contributed by atoms with Crippen LogP contribution < -0.4 is 16.3 Å². The van der Waals surface area contributed by atoms with E-state index in [-0.39, 0.29) is 16.6 Å². The smallest absolute Gasteiger partial charge is 0.273 e. The fourth-order valence-corrected chi connectivity index (χ4v) is 3.02. The molecule has 0 fully saturated rings. The first-order valence-electron chi connectivity index (χ1n) is 6.44. The highest BCUT2D eigenvalue weighted by atomic mass is 32.2. The van der Waals surface area contributed by atoms with E-state index in [1.54, 1.807) is 0 Å². The SMILES string of the molecule is Nn1cnn2c(SCC(=O)Nc3ccc(S(N)(=O)=O)cc3)nnc12. The number of anilines is 1. The summed E-state index contributed by atoms with van der Waals surface area (Å²) < 4.78 is 25.0. The van der Waals surface area contributed by atoms with Crippen LogP contribution in [0.1, 0.15) is 0 Å². The molecule has 0 aliphatic carbocycles. The monoisotopic (exact) mass is 368 g/mol. The summed E-state index contributed by atoms with van der Waals surface area (Å²) in [5.41, 5.74) is 0.450. The van der Waals surface area contributed by atoms with Crippen LogP contribution in [0.5, 0.6) is 0 Å². The van der Waals surface area contributed by atoms with Crippen molar-refractivity contribution in [3.8, 4) is 0 Å². The van der Waals surface area contributed by atoms with Gasteiger partial charge in [-0.25, -0.2) is 18.2 Å². The molecule has 1 aromatic carbocycles. The van der Waals surface area contributed by atoms with Crippen LogP contribution in [-0.2, 0) is 14.8 Å². The Kier molecular flexibility index (Phi) is 4.13. The number of rotatable bonds is 5. The number of benzene rings is 1. The molecule has 0 aliphatic rings. The molecule has 13 heteroatoms. The van der Waals surface area contributed by atoms with Crippen molar-refractivity contribution in [1.82, 2.24) is 24.5 Å². The van der Waals surface area contributed by atoms with E-state index in [1.807, 2.05) is 0 Å². The number of carbonyl (C=O) groups excluding carboxylic acids is 1. The van der Waals surface area contributed by atoms with Crippen molar-refractivity contribution in [3.05, 3.63) is 30.6 Å². The Morgan fingerprint density at radius 1 is 1.25 bits per heavy atom. The molecule has 2 heterocycles. The van der Waals surface area contributed by atoms with E-state index < -0.39 is 10.0 Å². The zero-order valence-electron chi connectivity index (χ0n) is 12.0. The predicted molar refractivity (Wildman–Crippen MR) is 86.1 cm³/mol. The van der Waals surface area contributed by atoms with Gasteiger partial charge in [0, 0.05) is 5.69 Å². The average molecular weight is 368 g/mol. The molecule has 5 N–H and O–H groups in total. The Morgan fingerprint density at radius 2 is 1.96 bits per heavy atom. The maximum Gasteiger partial charge on any atom is 0.273 e. The van der Waals surface area contributed by atoms with Crippen LogP contribution >= 0.6 is 11.8 Å². The Bertz CT molecular complexity index is 992. The summed E-state index contributed by atoms with van der Waals surface area (Å²) in [5, 5.41) is 19.8. The number of nitrogens with zero attached hydrogens (tertiary/aromatic N) is 5. The normalized spacial score (nSPS) is 11.7. The number of sulfonamides is 1. The van der Waals surface area contributed by atoms with Crippen molar-refractivity contribution < 1.29 is 13.2 Å². The first kappa shape index (κ1) is 16.2. The maximum absolute atomic E-state index is 11.9. The van der Waals surface area contributed by atoms with Gasteiger partial charge in [0.15, 0.2) is 0 Å². The molecule has 0 bridgehead atoms. The third-order valence-electron chi connectivity index (χ3n) is 2.92. The van der Waals surface area contributed by atoms with Crippen molar-refractivity contribution in [2.75, 3.05) is 16.9 Å². The Labute approximate surface area is 140 Å². The summed E-state index contributed by atoms with van der Waals surface area (Å²) in [6, 6.07) is 5.53. The van der Waals surface area contributed by atoms with Crippen LogP contribution in [0, 0.1) is 0 Å². The third-order valence-corrected chi connectivity index (χ3v) is 4.77. The third kappa shape index (κ3) is 3.32. The first-order valence-corrected chi connectivity index (χ1v) is 8.97. The second-order valence-corrected chi connectivity index (χ2v) is 7.14. The average Bonchev–Trinajstić information content (AvgIpc) is 3.08. The van der Waals surface area contributed by atoms with Crippen LogP contribution in [0.25, 0.3) is 5.78 Å². The molecule has 0 saturated heterocycles. The zero-order chi connectivity index (χ0) is 17.3. The van der Waals surface area contributed by atoms with Gasteiger partial charge in [-0.2, -0.15) is 9.61 Å². The fraction of sp³-hybridized carbons (Fsp3) is 0.0909. The number of nitrogen functional groups attached to an aromatic ring is 1. The largest absolute Gasteiger partial charge is 0.335 e. The zero-order valence-corrected chi connectivity index (χ0v) is 13.7. The lowest BCUT2D eigenvalue weighted by atomic mass is 10.3. The topological polar surface area (TPSA) is 163 Å². The highest BCUT2D eigenvalue weighted by Crippen LogP contribution is 2.17. The molecule has 0 radical (unpaired) electrons. The lowest BCUT2D eigenvalue weighted by molar-refractivity contribution is -0.113. The van der Waals surface area contributed by atoms with Gasteiger partial charge in [-0.05, 0) is 24.3 Å². The lowest BCUT2D eigenvalue weighted by Crippen LogP contribution is -2.15. The van der Waals surface area contributed by atoms with E-state index in [4.69, 9.17) is 11.0 Å². The van der Waals surface area contributed by atoms with Gasteiger partial charge >= 0.3 is 0 Å². The highest BCUT2D eigenvalue weighted by molar-refractivity contribution is 7.99. The minimum atomic E-state index is -3.76. The van der Waals surface area contributed by atoms with Crippen molar-refractivity contribution in [2.24, 2.45) is 5.14 Å². The maximum atomic E-state index is 11.9. The number of hydrogen-bond acceptors (Lipinski definition) is 8. The van der Waals surface area contributed by atoms with E-state index in [0.29, 0.717) is 16.6 Å². The molecular weight excluding hydrogens is 356 g/mol. The van der Waals surface area contributed by atoms with E-state index in [2.05, 4.69) is 20.6 Å². The molecule has 1 amide bonds. The fourth-order valence-electron chi connectivity index (χ4n) is 1.82. The van der Waals surface area contributed by atoms with E-state index >= 15 is 0 Å². The molecule has 0 spiro atoms. The minimum absolute atomic E-state index is 0.0295. The van der Waals surface area contributed by atoms with Crippen molar-refractivity contribution in [1.29, 1.82) is 0 Å². The van der Waals surface area contributed by atoms with Crippen molar-refractivity contribution in [2.45, 2.75) is 10.1 Å². The molecule has 0 aliphatic heterocycles. The quantitative estimate of drug-likeness (QED) is 0.382. The highest BCUT2D eigenvalue weighted by Gasteiger charge is 2.13. The van der Waals surface area contributed by atoms with Crippen LogP contribution in [0.4, 0.5) is 5.69 Å². The van der Waals surface area contributed by atoms with Gasteiger partial charge < -0.3 is 11.2 Å². The number of amides is 1. The molecule has 3 aromatic rings. The molecule has 2 aromatic heterocycles. The lowest BCUT2D eigenvalue weighted by Gasteiger charge is -2.05. The molecule has 0 saturated carbocycles. The second-order valence-electron chi connectivity index (χ2n) is 4.64. The number of carbonyl (C=O) groups is 1. The van der Waals surface area contributed by atoms with E-state index in [9.17, 15) is 13.2 Å². The number of hydrogen-bond donors (Lipinski definition) is 3. The minimum Gasteiger partial charge on any atom is -0.335 e. The molecule has 126 valence electrons. The number of nitrogens with one attached hydrogen (secondary N) is 1. The first-order chi connectivity index (χ1) is 11.3.